The molecule has 0 bridgehead atoms. The number of ether oxygens (including phenoxy) is 3. The molecular weight excluding hydrogens is 296 g/mol. The zero-order valence-electron chi connectivity index (χ0n) is 14.1. The smallest absolute Gasteiger partial charge is 0.251 e. The summed E-state index contributed by atoms with van der Waals surface area (Å²) in [5.74, 6) is 1.46. The van der Waals surface area contributed by atoms with Crippen molar-refractivity contribution in [3.8, 4) is 11.5 Å². The van der Waals surface area contributed by atoms with E-state index in [0.717, 1.165) is 32.8 Å². The number of hydrogen-bond acceptors (Lipinski definition) is 5. The standard InChI is InChI=1S/C17H26N2O4/c1-13(12-19-6-8-23-9-7-19)11-18-17(20)14-4-5-15(21-2)16(10-14)22-3/h4-5,10,13H,6-9,11-12H2,1-3H3,(H,18,20). The molecule has 1 unspecified atom stereocenters. The number of amides is 1. The molecule has 1 fully saturated rings. The van der Waals surface area contributed by atoms with E-state index in [9.17, 15) is 4.79 Å². The highest BCUT2D eigenvalue weighted by molar-refractivity contribution is 5.94. The van der Waals surface area contributed by atoms with E-state index < -0.39 is 0 Å². The maximum absolute atomic E-state index is 12.3. The van der Waals surface area contributed by atoms with Crippen LogP contribution in [0.5, 0.6) is 11.5 Å². The van der Waals surface area contributed by atoms with E-state index >= 15 is 0 Å². The Labute approximate surface area is 137 Å². The molecule has 23 heavy (non-hydrogen) atoms. The van der Waals surface area contributed by atoms with Crippen LogP contribution < -0.4 is 14.8 Å². The van der Waals surface area contributed by atoms with Gasteiger partial charge in [-0.25, -0.2) is 0 Å². The Hall–Kier alpha value is -1.79. The zero-order valence-corrected chi connectivity index (χ0v) is 14.1. The second-order valence-corrected chi connectivity index (χ2v) is 5.80. The highest BCUT2D eigenvalue weighted by Gasteiger charge is 2.15. The second kappa shape index (κ2) is 8.74. The lowest BCUT2D eigenvalue weighted by atomic mass is 10.1. The summed E-state index contributed by atoms with van der Waals surface area (Å²) in [5.41, 5.74) is 0.571. The van der Waals surface area contributed by atoms with E-state index in [2.05, 4.69) is 17.1 Å². The molecule has 2 rings (SSSR count). The van der Waals surface area contributed by atoms with Crippen molar-refractivity contribution in [2.24, 2.45) is 5.92 Å². The van der Waals surface area contributed by atoms with Crippen molar-refractivity contribution < 1.29 is 19.0 Å². The fraction of sp³-hybridized carbons (Fsp3) is 0.588. The number of benzene rings is 1. The fourth-order valence-electron chi connectivity index (χ4n) is 2.64. The third-order valence-corrected chi connectivity index (χ3v) is 3.93. The Bertz CT molecular complexity index is 515. The van der Waals surface area contributed by atoms with Gasteiger partial charge in [0, 0.05) is 31.7 Å². The quantitative estimate of drug-likeness (QED) is 0.822. The van der Waals surface area contributed by atoms with Crippen LogP contribution in [0.2, 0.25) is 0 Å². The molecular formula is C17H26N2O4. The lowest BCUT2D eigenvalue weighted by molar-refractivity contribution is 0.0317. The third kappa shape index (κ3) is 5.11. The molecule has 1 amide bonds. The van der Waals surface area contributed by atoms with Crippen LogP contribution in [0, 0.1) is 5.92 Å². The van der Waals surface area contributed by atoms with Crippen LogP contribution in [-0.4, -0.2) is 64.4 Å². The number of hydrogen-bond donors (Lipinski definition) is 1. The van der Waals surface area contributed by atoms with E-state index in [-0.39, 0.29) is 5.91 Å². The molecule has 6 heteroatoms. The van der Waals surface area contributed by atoms with Crippen LogP contribution in [0.3, 0.4) is 0 Å². The Kier molecular flexibility index (Phi) is 6.67. The van der Waals surface area contributed by atoms with Gasteiger partial charge in [-0.05, 0) is 24.1 Å². The number of nitrogens with zero attached hydrogens (tertiary/aromatic N) is 1. The lowest BCUT2D eigenvalue weighted by Crippen LogP contribution is -2.41. The molecule has 1 aromatic carbocycles. The molecule has 1 aliphatic rings. The average molecular weight is 322 g/mol. The van der Waals surface area contributed by atoms with Gasteiger partial charge in [-0.1, -0.05) is 6.92 Å². The maximum atomic E-state index is 12.3. The van der Waals surface area contributed by atoms with Crippen molar-refractivity contribution >= 4 is 5.91 Å². The Morgan fingerprint density at radius 3 is 2.61 bits per heavy atom. The number of rotatable bonds is 7. The van der Waals surface area contributed by atoms with Crippen LogP contribution in [0.15, 0.2) is 18.2 Å². The number of morpholine rings is 1. The van der Waals surface area contributed by atoms with Crippen LogP contribution in [0.1, 0.15) is 17.3 Å². The molecule has 1 aliphatic heterocycles. The molecule has 6 nitrogen and oxygen atoms in total. The van der Waals surface area contributed by atoms with Gasteiger partial charge in [-0.3, -0.25) is 9.69 Å². The average Bonchev–Trinajstić information content (AvgIpc) is 2.59. The molecule has 0 radical (unpaired) electrons. The van der Waals surface area contributed by atoms with Gasteiger partial charge in [0.15, 0.2) is 11.5 Å². The van der Waals surface area contributed by atoms with Crippen LogP contribution in [0.25, 0.3) is 0 Å². The molecule has 1 N–H and O–H groups in total. The van der Waals surface area contributed by atoms with Crippen molar-refractivity contribution in [2.75, 3.05) is 53.6 Å². The normalized spacial score (nSPS) is 16.7. The van der Waals surface area contributed by atoms with Crippen LogP contribution in [0.4, 0.5) is 0 Å². The minimum Gasteiger partial charge on any atom is -0.493 e. The number of carbonyl (C=O) groups excluding carboxylic acids is 1. The number of carbonyl (C=O) groups is 1. The lowest BCUT2D eigenvalue weighted by Gasteiger charge is -2.29. The monoisotopic (exact) mass is 322 g/mol. The van der Waals surface area contributed by atoms with Crippen molar-refractivity contribution in [1.29, 1.82) is 0 Å². The summed E-state index contributed by atoms with van der Waals surface area (Å²) in [4.78, 5) is 14.6. The zero-order chi connectivity index (χ0) is 16.7. The molecule has 1 aromatic rings. The Morgan fingerprint density at radius 2 is 1.96 bits per heavy atom. The molecule has 1 atom stereocenters. The highest BCUT2D eigenvalue weighted by Crippen LogP contribution is 2.27. The number of nitrogens with one attached hydrogen (secondary N) is 1. The Balaban J connectivity index is 1.84. The van der Waals surface area contributed by atoms with Gasteiger partial charge in [-0.2, -0.15) is 0 Å². The highest BCUT2D eigenvalue weighted by atomic mass is 16.5. The molecule has 0 spiro atoms. The van der Waals surface area contributed by atoms with Crippen LogP contribution >= 0.6 is 0 Å². The predicted octanol–water partition coefficient (Wildman–Crippen LogP) is 1.40. The van der Waals surface area contributed by atoms with Crippen molar-refractivity contribution in [3.05, 3.63) is 23.8 Å². The van der Waals surface area contributed by atoms with Crippen molar-refractivity contribution in [2.45, 2.75) is 6.92 Å². The Morgan fingerprint density at radius 1 is 1.26 bits per heavy atom. The fourth-order valence-corrected chi connectivity index (χ4v) is 2.64. The summed E-state index contributed by atoms with van der Waals surface area (Å²) >= 11 is 0. The second-order valence-electron chi connectivity index (χ2n) is 5.80. The minimum absolute atomic E-state index is 0.0974. The summed E-state index contributed by atoms with van der Waals surface area (Å²) in [6, 6.07) is 5.18. The van der Waals surface area contributed by atoms with Crippen molar-refractivity contribution in [3.63, 3.8) is 0 Å². The largest absolute Gasteiger partial charge is 0.493 e. The van der Waals surface area contributed by atoms with Gasteiger partial charge in [0.2, 0.25) is 0 Å². The molecule has 0 aromatic heterocycles. The summed E-state index contributed by atoms with van der Waals surface area (Å²) in [6.45, 7) is 7.28. The van der Waals surface area contributed by atoms with Crippen LogP contribution in [-0.2, 0) is 4.74 Å². The van der Waals surface area contributed by atoms with E-state index in [4.69, 9.17) is 14.2 Å². The summed E-state index contributed by atoms with van der Waals surface area (Å²) in [7, 11) is 3.13. The summed E-state index contributed by atoms with van der Waals surface area (Å²) in [6.07, 6.45) is 0. The maximum Gasteiger partial charge on any atom is 0.251 e. The van der Waals surface area contributed by atoms with E-state index in [1.807, 2.05) is 0 Å². The summed E-state index contributed by atoms with van der Waals surface area (Å²) in [5, 5.41) is 2.98. The molecule has 1 heterocycles. The first-order valence-corrected chi connectivity index (χ1v) is 7.94. The number of methoxy groups -OCH3 is 2. The van der Waals surface area contributed by atoms with Gasteiger partial charge in [0.1, 0.15) is 0 Å². The van der Waals surface area contributed by atoms with Gasteiger partial charge in [0.05, 0.1) is 27.4 Å². The van der Waals surface area contributed by atoms with E-state index in [0.29, 0.717) is 29.5 Å². The first kappa shape index (κ1) is 17.6. The molecule has 128 valence electrons. The van der Waals surface area contributed by atoms with E-state index in [1.165, 1.54) is 0 Å². The van der Waals surface area contributed by atoms with Gasteiger partial charge < -0.3 is 19.5 Å². The summed E-state index contributed by atoms with van der Waals surface area (Å²) < 4.78 is 15.8. The minimum atomic E-state index is -0.0974. The third-order valence-electron chi connectivity index (χ3n) is 3.93. The first-order chi connectivity index (χ1) is 11.1. The van der Waals surface area contributed by atoms with E-state index in [1.54, 1.807) is 32.4 Å². The molecule has 0 aliphatic carbocycles. The SMILES string of the molecule is COc1ccc(C(=O)NCC(C)CN2CCOCC2)cc1OC. The topological polar surface area (TPSA) is 60.0 Å². The first-order valence-electron chi connectivity index (χ1n) is 7.94. The van der Waals surface area contributed by atoms with Gasteiger partial charge in [-0.15, -0.1) is 0 Å². The van der Waals surface area contributed by atoms with Crippen molar-refractivity contribution in [1.82, 2.24) is 10.2 Å². The molecule has 1 saturated heterocycles. The van der Waals surface area contributed by atoms with Gasteiger partial charge in [0.25, 0.3) is 5.91 Å². The molecule has 0 saturated carbocycles. The predicted molar refractivity (Wildman–Crippen MR) is 88.3 cm³/mol. The van der Waals surface area contributed by atoms with Gasteiger partial charge >= 0.3 is 0 Å².